The molecule has 1 spiro atoms. The third-order valence-electron chi connectivity index (χ3n) is 7.80. The van der Waals surface area contributed by atoms with Gasteiger partial charge in [0, 0.05) is 0 Å². The SMILES string of the molecule is CCC(C)(O)CCCC1CCC2(CCCC(=CC=C3C[C@@H](O)C[C@H](O)C3)C2)C1. The molecule has 3 N–H and O–H groups in total. The molecule has 3 aliphatic carbocycles. The zero-order chi connectivity index (χ0) is 20.2. The molecule has 3 heteroatoms. The normalized spacial score (nSPS) is 37.4. The summed E-state index contributed by atoms with van der Waals surface area (Å²) in [5.74, 6) is 0.842. The van der Waals surface area contributed by atoms with Crippen LogP contribution in [0.25, 0.3) is 0 Å². The lowest BCUT2D eigenvalue weighted by molar-refractivity contribution is 0.0430. The van der Waals surface area contributed by atoms with Gasteiger partial charge in [-0.25, -0.2) is 0 Å². The molecule has 3 rings (SSSR count). The highest BCUT2D eigenvalue weighted by Crippen LogP contribution is 2.53. The van der Waals surface area contributed by atoms with Gasteiger partial charge in [0.1, 0.15) is 0 Å². The molecule has 0 bridgehead atoms. The van der Waals surface area contributed by atoms with Crippen LogP contribution in [0.2, 0.25) is 0 Å². The zero-order valence-corrected chi connectivity index (χ0v) is 18.1. The molecule has 0 aromatic heterocycles. The van der Waals surface area contributed by atoms with Crippen molar-refractivity contribution in [3.05, 3.63) is 23.3 Å². The van der Waals surface area contributed by atoms with Crippen molar-refractivity contribution in [2.45, 2.75) is 122 Å². The second kappa shape index (κ2) is 9.45. The second-order valence-electron chi connectivity index (χ2n) is 10.5. The van der Waals surface area contributed by atoms with Crippen molar-refractivity contribution in [2.24, 2.45) is 11.3 Å². The number of aliphatic hydroxyl groups excluding tert-OH is 2. The molecule has 3 unspecified atom stereocenters. The first-order valence-corrected chi connectivity index (χ1v) is 11.8. The van der Waals surface area contributed by atoms with Gasteiger partial charge in [-0.1, -0.05) is 43.1 Å². The van der Waals surface area contributed by atoms with Crippen molar-refractivity contribution >= 4 is 0 Å². The summed E-state index contributed by atoms with van der Waals surface area (Å²) in [6, 6.07) is 0. The third kappa shape index (κ3) is 6.18. The molecule has 28 heavy (non-hydrogen) atoms. The minimum Gasteiger partial charge on any atom is -0.393 e. The Morgan fingerprint density at radius 1 is 1.11 bits per heavy atom. The fraction of sp³-hybridized carbons (Fsp3) is 0.840. The molecule has 0 amide bonds. The van der Waals surface area contributed by atoms with Crippen molar-refractivity contribution in [1.29, 1.82) is 0 Å². The van der Waals surface area contributed by atoms with Crippen LogP contribution in [0, 0.1) is 11.3 Å². The lowest BCUT2D eigenvalue weighted by Crippen LogP contribution is -2.25. The number of aliphatic hydroxyl groups is 3. The van der Waals surface area contributed by atoms with Crippen molar-refractivity contribution < 1.29 is 15.3 Å². The lowest BCUT2D eigenvalue weighted by atomic mass is 9.70. The average Bonchev–Trinajstić information content (AvgIpc) is 3.01. The van der Waals surface area contributed by atoms with Crippen LogP contribution in [0.3, 0.4) is 0 Å². The predicted molar refractivity (Wildman–Crippen MR) is 115 cm³/mol. The fourth-order valence-corrected chi connectivity index (χ4v) is 5.94. The van der Waals surface area contributed by atoms with Crippen LogP contribution in [-0.4, -0.2) is 33.1 Å². The quantitative estimate of drug-likeness (QED) is 0.566. The highest BCUT2D eigenvalue weighted by molar-refractivity contribution is 5.22. The van der Waals surface area contributed by atoms with E-state index >= 15 is 0 Å². The smallest absolute Gasteiger partial charge is 0.0617 e. The van der Waals surface area contributed by atoms with Crippen LogP contribution in [-0.2, 0) is 0 Å². The average molecular weight is 391 g/mol. The maximum absolute atomic E-state index is 10.2. The van der Waals surface area contributed by atoms with E-state index in [1.165, 1.54) is 56.9 Å². The molecule has 0 heterocycles. The molecule has 0 aromatic rings. The monoisotopic (exact) mass is 390 g/mol. The van der Waals surface area contributed by atoms with E-state index in [4.69, 9.17) is 0 Å². The van der Waals surface area contributed by atoms with E-state index < -0.39 is 5.60 Å². The van der Waals surface area contributed by atoms with Crippen LogP contribution in [0.5, 0.6) is 0 Å². The minimum atomic E-state index is -0.481. The van der Waals surface area contributed by atoms with E-state index in [1.54, 1.807) is 5.57 Å². The highest BCUT2D eigenvalue weighted by Gasteiger charge is 2.40. The summed E-state index contributed by atoms with van der Waals surface area (Å²) in [5.41, 5.74) is 2.81. The van der Waals surface area contributed by atoms with Crippen molar-refractivity contribution in [3.8, 4) is 0 Å². The highest BCUT2D eigenvalue weighted by atomic mass is 16.3. The minimum absolute atomic E-state index is 0.379. The number of hydrogen-bond acceptors (Lipinski definition) is 3. The summed E-state index contributed by atoms with van der Waals surface area (Å²) in [6.45, 7) is 4.05. The first-order chi connectivity index (χ1) is 13.3. The summed E-state index contributed by atoms with van der Waals surface area (Å²) < 4.78 is 0. The second-order valence-corrected chi connectivity index (χ2v) is 10.5. The van der Waals surface area contributed by atoms with Crippen molar-refractivity contribution in [3.63, 3.8) is 0 Å². The Morgan fingerprint density at radius 2 is 1.82 bits per heavy atom. The Labute approximate surface area is 171 Å². The molecule has 3 nitrogen and oxygen atoms in total. The van der Waals surface area contributed by atoms with Gasteiger partial charge in [-0.15, -0.1) is 0 Å². The van der Waals surface area contributed by atoms with Crippen molar-refractivity contribution in [1.82, 2.24) is 0 Å². The topological polar surface area (TPSA) is 60.7 Å². The Balaban J connectivity index is 1.52. The molecular formula is C25H42O3. The standard InChI is InChI=1S/C25H42O3/c1-3-24(2,28)11-4-6-20-10-13-25(18-20)12-5-7-19(17-25)8-9-21-14-22(26)16-23(27)15-21/h8-9,20,22-23,26-28H,3-7,10-18H2,1-2H3/t20?,22-,23-,24?,25?/m1/s1. The summed E-state index contributed by atoms with van der Waals surface area (Å²) >= 11 is 0. The van der Waals surface area contributed by atoms with E-state index in [2.05, 4.69) is 19.1 Å². The number of allylic oxidation sites excluding steroid dienone is 3. The van der Waals surface area contributed by atoms with E-state index in [0.717, 1.165) is 38.0 Å². The Bertz CT molecular complexity index is 564. The predicted octanol–water partition coefficient (Wildman–Crippen LogP) is 5.44. The molecule has 3 saturated carbocycles. The zero-order valence-electron chi connectivity index (χ0n) is 18.1. The summed E-state index contributed by atoms with van der Waals surface area (Å²) in [7, 11) is 0. The molecule has 3 aliphatic rings. The van der Waals surface area contributed by atoms with Crippen LogP contribution in [0.1, 0.15) is 104 Å². The molecule has 0 saturated heterocycles. The number of rotatable bonds is 6. The van der Waals surface area contributed by atoms with E-state index in [9.17, 15) is 15.3 Å². The molecule has 0 aliphatic heterocycles. The Hall–Kier alpha value is -0.640. The summed E-state index contributed by atoms with van der Waals surface area (Å²) in [4.78, 5) is 0. The number of hydrogen-bond donors (Lipinski definition) is 3. The van der Waals surface area contributed by atoms with Gasteiger partial charge in [-0.05, 0) is 95.3 Å². The van der Waals surface area contributed by atoms with E-state index in [1.807, 2.05) is 6.92 Å². The van der Waals surface area contributed by atoms with Gasteiger partial charge in [-0.3, -0.25) is 0 Å². The van der Waals surface area contributed by atoms with Crippen LogP contribution < -0.4 is 0 Å². The molecular weight excluding hydrogens is 348 g/mol. The summed E-state index contributed by atoms with van der Waals surface area (Å²) in [6.07, 6.45) is 19.1. The van der Waals surface area contributed by atoms with Gasteiger partial charge in [0.05, 0.1) is 17.8 Å². The summed E-state index contributed by atoms with van der Waals surface area (Å²) in [5, 5.41) is 30.0. The van der Waals surface area contributed by atoms with Gasteiger partial charge in [0.15, 0.2) is 0 Å². The Kier molecular flexibility index (Phi) is 7.44. The van der Waals surface area contributed by atoms with E-state index in [0.29, 0.717) is 11.8 Å². The molecule has 160 valence electrons. The first-order valence-electron chi connectivity index (χ1n) is 11.8. The van der Waals surface area contributed by atoms with Crippen LogP contribution >= 0.6 is 0 Å². The maximum Gasteiger partial charge on any atom is 0.0617 e. The van der Waals surface area contributed by atoms with Crippen molar-refractivity contribution in [2.75, 3.05) is 0 Å². The molecule has 0 aromatic carbocycles. The van der Waals surface area contributed by atoms with E-state index in [-0.39, 0.29) is 12.2 Å². The third-order valence-corrected chi connectivity index (χ3v) is 7.80. The van der Waals surface area contributed by atoms with Crippen LogP contribution in [0.4, 0.5) is 0 Å². The van der Waals surface area contributed by atoms with Gasteiger partial charge in [0.25, 0.3) is 0 Å². The van der Waals surface area contributed by atoms with Crippen LogP contribution in [0.15, 0.2) is 23.3 Å². The van der Waals surface area contributed by atoms with Gasteiger partial charge >= 0.3 is 0 Å². The maximum atomic E-state index is 10.2. The molecule has 0 radical (unpaired) electrons. The first kappa shape index (κ1) is 22.1. The molecule has 3 fully saturated rings. The Morgan fingerprint density at radius 3 is 2.54 bits per heavy atom. The molecule has 5 atom stereocenters. The van der Waals surface area contributed by atoms with Gasteiger partial charge in [0.2, 0.25) is 0 Å². The van der Waals surface area contributed by atoms with Gasteiger partial charge < -0.3 is 15.3 Å². The largest absolute Gasteiger partial charge is 0.393 e. The fourth-order valence-electron chi connectivity index (χ4n) is 5.94. The lowest BCUT2D eigenvalue weighted by Gasteiger charge is -2.35. The van der Waals surface area contributed by atoms with Gasteiger partial charge in [-0.2, -0.15) is 0 Å².